The van der Waals surface area contributed by atoms with Crippen LogP contribution in [-0.4, -0.2) is 30.8 Å². The fourth-order valence-corrected chi connectivity index (χ4v) is 2.06. The first-order chi connectivity index (χ1) is 10.0. The Morgan fingerprint density at radius 1 is 1.19 bits per heavy atom. The van der Waals surface area contributed by atoms with Gasteiger partial charge in [-0.25, -0.2) is 0 Å². The lowest BCUT2D eigenvalue weighted by atomic mass is 10.1. The molecular formula is C16H18N2O3. The number of carbonyl (C=O) groups excluding carboxylic acids is 2. The molecule has 0 unspecified atom stereocenters. The molecular weight excluding hydrogens is 268 g/mol. The van der Waals surface area contributed by atoms with Crippen LogP contribution in [0, 0.1) is 6.92 Å². The highest BCUT2D eigenvalue weighted by Crippen LogP contribution is 2.13. The molecule has 0 radical (unpaired) electrons. The van der Waals surface area contributed by atoms with Crippen molar-refractivity contribution in [1.82, 2.24) is 10.2 Å². The number of amides is 2. The first kappa shape index (κ1) is 14.8. The van der Waals surface area contributed by atoms with E-state index in [1.54, 1.807) is 44.1 Å². The number of hydrogen-bond acceptors (Lipinski definition) is 3. The number of carbonyl (C=O) groups is 2. The van der Waals surface area contributed by atoms with Gasteiger partial charge in [0.25, 0.3) is 11.8 Å². The summed E-state index contributed by atoms with van der Waals surface area (Å²) in [6, 6.07) is 8.85. The molecule has 0 bridgehead atoms. The first-order valence-electron chi connectivity index (χ1n) is 6.63. The van der Waals surface area contributed by atoms with E-state index >= 15 is 0 Å². The molecule has 1 heterocycles. The van der Waals surface area contributed by atoms with Gasteiger partial charge in [0.15, 0.2) is 0 Å². The molecule has 110 valence electrons. The number of aryl methyl sites for hydroxylation is 1. The van der Waals surface area contributed by atoms with E-state index in [0.29, 0.717) is 23.4 Å². The third kappa shape index (κ3) is 3.31. The van der Waals surface area contributed by atoms with E-state index in [1.807, 2.05) is 12.1 Å². The second-order valence-corrected chi connectivity index (χ2v) is 4.83. The predicted octanol–water partition coefficient (Wildman–Crippen LogP) is 2.22. The molecule has 0 aliphatic rings. The van der Waals surface area contributed by atoms with Gasteiger partial charge in [-0.3, -0.25) is 9.59 Å². The minimum absolute atomic E-state index is 0.0865. The van der Waals surface area contributed by atoms with Crippen molar-refractivity contribution in [3.05, 3.63) is 59.0 Å². The van der Waals surface area contributed by atoms with Gasteiger partial charge in [0, 0.05) is 26.2 Å². The Bertz CT molecular complexity index is 644. The predicted molar refractivity (Wildman–Crippen MR) is 79.1 cm³/mol. The van der Waals surface area contributed by atoms with E-state index in [1.165, 1.54) is 6.26 Å². The maximum absolute atomic E-state index is 12.3. The van der Waals surface area contributed by atoms with Gasteiger partial charge in [-0.2, -0.15) is 0 Å². The van der Waals surface area contributed by atoms with E-state index in [0.717, 1.165) is 5.56 Å². The number of nitrogens with one attached hydrogen (secondary N) is 1. The highest BCUT2D eigenvalue weighted by atomic mass is 16.3. The molecule has 5 heteroatoms. The smallest absolute Gasteiger partial charge is 0.257 e. The molecule has 0 atom stereocenters. The van der Waals surface area contributed by atoms with Crippen molar-refractivity contribution >= 4 is 11.8 Å². The zero-order valence-electron chi connectivity index (χ0n) is 12.3. The molecule has 1 aromatic heterocycles. The summed E-state index contributed by atoms with van der Waals surface area (Å²) < 4.78 is 5.15. The van der Waals surface area contributed by atoms with Gasteiger partial charge in [-0.1, -0.05) is 12.1 Å². The summed E-state index contributed by atoms with van der Waals surface area (Å²) in [5.74, 6) is 0.401. The van der Waals surface area contributed by atoms with E-state index in [-0.39, 0.29) is 11.8 Å². The molecule has 2 amide bonds. The van der Waals surface area contributed by atoms with Gasteiger partial charge in [-0.15, -0.1) is 0 Å². The molecule has 0 aliphatic heterocycles. The van der Waals surface area contributed by atoms with E-state index < -0.39 is 0 Å². The van der Waals surface area contributed by atoms with Crippen molar-refractivity contribution in [3.63, 3.8) is 0 Å². The lowest BCUT2D eigenvalue weighted by Crippen LogP contribution is -2.26. The van der Waals surface area contributed by atoms with Gasteiger partial charge < -0.3 is 14.6 Å². The molecule has 1 N–H and O–H groups in total. The van der Waals surface area contributed by atoms with Gasteiger partial charge in [0.2, 0.25) is 0 Å². The van der Waals surface area contributed by atoms with Crippen LogP contribution in [0.15, 0.2) is 41.0 Å². The van der Waals surface area contributed by atoms with Crippen molar-refractivity contribution in [2.45, 2.75) is 13.5 Å². The Kier molecular flexibility index (Phi) is 4.42. The van der Waals surface area contributed by atoms with Gasteiger partial charge >= 0.3 is 0 Å². The van der Waals surface area contributed by atoms with Crippen LogP contribution in [0.2, 0.25) is 0 Å². The molecule has 2 rings (SSSR count). The summed E-state index contributed by atoms with van der Waals surface area (Å²) in [6.45, 7) is 2.23. The molecule has 0 fully saturated rings. The van der Waals surface area contributed by atoms with Crippen LogP contribution in [-0.2, 0) is 6.54 Å². The summed E-state index contributed by atoms with van der Waals surface area (Å²) in [5.41, 5.74) is 2.13. The molecule has 0 saturated heterocycles. The van der Waals surface area contributed by atoms with Crippen LogP contribution in [0.4, 0.5) is 0 Å². The normalized spacial score (nSPS) is 10.2. The van der Waals surface area contributed by atoms with Crippen LogP contribution < -0.4 is 5.32 Å². The molecule has 0 spiro atoms. The average Bonchev–Trinajstić information content (AvgIpc) is 2.92. The lowest BCUT2D eigenvalue weighted by molar-refractivity contribution is 0.0783. The van der Waals surface area contributed by atoms with Crippen LogP contribution in [0.25, 0.3) is 0 Å². The Hall–Kier alpha value is -2.56. The maximum Gasteiger partial charge on any atom is 0.257 e. The Balaban J connectivity index is 2.06. The minimum atomic E-state index is -0.125. The standard InChI is InChI=1S/C16H18N2O3/c1-11-14(8-9-21-11)16(20)18(3)10-12-4-6-13(7-5-12)15(19)17-2/h4-9H,10H2,1-3H3,(H,17,19). The quantitative estimate of drug-likeness (QED) is 0.937. The van der Waals surface area contributed by atoms with Crippen LogP contribution in [0.5, 0.6) is 0 Å². The molecule has 0 aliphatic carbocycles. The summed E-state index contributed by atoms with van der Waals surface area (Å²) in [6.07, 6.45) is 1.51. The second kappa shape index (κ2) is 6.26. The van der Waals surface area contributed by atoms with Crippen LogP contribution in [0.3, 0.4) is 0 Å². The van der Waals surface area contributed by atoms with Crippen molar-refractivity contribution in [2.24, 2.45) is 0 Å². The largest absolute Gasteiger partial charge is 0.469 e. The summed E-state index contributed by atoms with van der Waals surface area (Å²) in [7, 11) is 3.33. The molecule has 5 nitrogen and oxygen atoms in total. The van der Waals surface area contributed by atoms with E-state index in [2.05, 4.69) is 5.32 Å². The molecule has 2 aromatic rings. The molecule has 1 aromatic carbocycles. The summed E-state index contributed by atoms with van der Waals surface area (Å²) >= 11 is 0. The Morgan fingerprint density at radius 2 is 1.86 bits per heavy atom. The Labute approximate surface area is 123 Å². The van der Waals surface area contributed by atoms with E-state index in [9.17, 15) is 9.59 Å². The zero-order valence-corrected chi connectivity index (χ0v) is 12.3. The number of benzene rings is 1. The first-order valence-corrected chi connectivity index (χ1v) is 6.63. The van der Waals surface area contributed by atoms with E-state index in [4.69, 9.17) is 4.42 Å². The second-order valence-electron chi connectivity index (χ2n) is 4.83. The average molecular weight is 286 g/mol. The highest BCUT2D eigenvalue weighted by Gasteiger charge is 2.16. The molecule has 21 heavy (non-hydrogen) atoms. The van der Waals surface area contributed by atoms with Gasteiger partial charge in [0.05, 0.1) is 11.8 Å². The maximum atomic E-state index is 12.3. The monoisotopic (exact) mass is 286 g/mol. The fourth-order valence-electron chi connectivity index (χ4n) is 2.06. The van der Waals surface area contributed by atoms with Gasteiger partial charge in [0.1, 0.15) is 5.76 Å². The Morgan fingerprint density at radius 3 is 2.38 bits per heavy atom. The van der Waals surface area contributed by atoms with Crippen molar-refractivity contribution < 1.29 is 14.0 Å². The lowest BCUT2D eigenvalue weighted by Gasteiger charge is -2.17. The van der Waals surface area contributed by atoms with Crippen molar-refractivity contribution in [3.8, 4) is 0 Å². The topological polar surface area (TPSA) is 62.6 Å². The minimum Gasteiger partial charge on any atom is -0.469 e. The number of hydrogen-bond donors (Lipinski definition) is 1. The number of nitrogens with zero attached hydrogens (tertiary/aromatic N) is 1. The SMILES string of the molecule is CNC(=O)c1ccc(CN(C)C(=O)c2ccoc2C)cc1. The van der Waals surface area contributed by atoms with Crippen LogP contribution in [0.1, 0.15) is 32.0 Å². The van der Waals surface area contributed by atoms with Crippen molar-refractivity contribution in [1.29, 1.82) is 0 Å². The zero-order chi connectivity index (χ0) is 15.4. The third-order valence-electron chi connectivity index (χ3n) is 3.30. The van der Waals surface area contributed by atoms with Crippen molar-refractivity contribution in [2.75, 3.05) is 14.1 Å². The van der Waals surface area contributed by atoms with Crippen LogP contribution >= 0.6 is 0 Å². The third-order valence-corrected chi connectivity index (χ3v) is 3.30. The number of furan rings is 1. The molecule has 0 saturated carbocycles. The highest BCUT2D eigenvalue weighted by molar-refractivity contribution is 5.95. The fraction of sp³-hybridized carbons (Fsp3) is 0.250. The van der Waals surface area contributed by atoms with Gasteiger partial charge in [-0.05, 0) is 30.7 Å². The number of rotatable bonds is 4. The summed E-state index contributed by atoms with van der Waals surface area (Å²) in [5, 5.41) is 2.57. The summed E-state index contributed by atoms with van der Waals surface area (Å²) in [4.78, 5) is 25.3.